The Kier molecular flexibility index (Phi) is 22.0. The Morgan fingerprint density at radius 1 is 0.541 bits per heavy atom. The van der Waals surface area contributed by atoms with Gasteiger partial charge in [0, 0.05) is 47.2 Å². The number of ether oxygens (including phenoxy) is 7. The Balaban J connectivity index is 0.939. The number of hydrogen-bond donors (Lipinski definition) is 0. The molecule has 3 aliphatic rings. The molecule has 0 amide bonds. The van der Waals surface area contributed by atoms with Crippen molar-refractivity contribution in [3.05, 3.63) is 156 Å². The topological polar surface area (TPSA) is 184 Å². The van der Waals surface area contributed by atoms with Crippen molar-refractivity contribution < 1.29 is 66.7 Å². The molecule has 0 aliphatic heterocycles. The van der Waals surface area contributed by atoms with Gasteiger partial charge in [0.15, 0.2) is 5.60 Å². The maximum absolute atomic E-state index is 14.0. The molecule has 14 nitrogen and oxygen atoms in total. The fraction of sp³-hybridized carbons (Fsp3) is 0.423. The van der Waals surface area contributed by atoms with E-state index >= 15 is 0 Å². The Morgan fingerprint density at radius 2 is 0.965 bits per heavy atom. The molecule has 0 aromatic heterocycles. The van der Waals surface area contributed by atoms with Crippen molar-refractivity contribution in [2.45, 2.75) is 166 Å². The molecule has 4 aromatic rings. The van der Waals surface area contributed by atoms with E-state index in [0.29, 0.717) is 89.2 Å². The fourth-order valence-corrected chi connectivity index (χ4v) is 11.4. The van der Waals surface area contributed by atoms with Crippen molar-refractivity contribution >= 4 is 41.8 Å². The molecule has 444 valence electrons. The van der Waals surface area contributed by atoms with E-state index in [1.165, 1.54) is 0 Å². The number of carbonyl (C=O) groups is 7. The van der Waals surface area contributed by atoms with Gasteiger partial charge < -0.3 is 33.2 Å². The van der Waals surface area contributed by atoms with Crippen LogP contribution in [0.15, 0.2) is 122 Å². The smallest absolute Gasteiger partial charge is 0.339 e. The van der Waals surface area contributed by atoms with Gasteiger partial charge in [-0.15, -0.1) is 6.42 Å². The molecule has 0 N–H and O–H groups in total. The number of carbonyl (C=O) groups excluding carboxylic acids is 7. The summed E-state index contributed by atoms with van der Waals surface area (Å²) in [7, 11) is 0. The monoisotopic (exact) mass is 1150 g/mol. The fourth-order valence-electron chi connectivity index (χ4n) is 11.4. The third kappa shape index (κ3) is 19.2. The summed E-state index contributed by atoms with van der Waals surface area (Å²) < 4.78 is 40.2. The van der Waals surface area contributed by atoms with Gasteiger partial charge in [-0.2, -0.15) is 0 Å². The summed E-state index contributed by atoms with van der Waals surface area (Å²) in [5, 5.41) is 0. The van der Waals surface area contributed by atoms with Crippen LogP contribution >= 0.6 is 0 Å². The lowest BCUT2D eigenvalue weighted by molar-refractivity contribution is -0.173. The maximum Gasteiger partial charge on any atom is 0.339 e. The van der Waals surface area contributed by atoms with E-state index in [4.69, 9.17) is 39.6 Å². The molecule has 2 atom stereocenters. The van der Waals surface area contributed by atoms with Crippen molar-refractivity contribution in [1.29, 1.82) is 0 Å². The molecule has 0 radical (unpaired) electrons. The predicted octanol–water partition coefficient (Wildman–Crippen LogP) is 12.5. The van der Waals surface area contributed by atoms with Gasteiger partial charge >= 0.3 is 41.8 Å². The van der Waals surface area contributed by atoms with Crippen LogP contribution in [0, 0.1) is 59.7 Å². The Hall–Kier alpha value is -8.67. The van der Waals surface area contributed by atoms with Gasteiger partial charge in [0.05, 0.1) is 29.2 Å². The predicted molar refractivity (Wildman–Crippen MR) is 319 cm³/mol. The Morgan fingerprint density at radius 3 is 1.45 bits per heavy atom. The molecule has 14 heteroatoms. The molecule has 7 rings (SSSR count). The van der Waals surface area contributed by atoms with Crippen LogP contribution in [0.1, 0.15) is 176 Å². The van der Waals surface area contributed by atoms with Crippen LogP contribution in [0.5, 0.6) is 11.5 Å². The van der Waals surface area contributed by atoms with Crippen molar-refractivity contribution in [3.8, 4) is 47.5 Å². The second-order valence-corrected chi connectivity index (χ2v) is 23.7. The van der Waals surface area contributed by atoms with Crippen molar-refractivity contribution in [3.63, 3.8) is 0 Å². The number of benzene rings is 4. The summed E-state index contributed by atoms with van der Waals surface area (Å²) in [6, 6.07) is 28.7. The molecule has 0 heterocycles. The van der Waals surface area contributed by atoms with Gasteiger partial charge in [-0.25, -0.2) is 14.4 Å². The first-order chi connectivity index (χ1) is 40.5. The zero-order chi connectivity index (χ0) is 61.3. The summed E-state index contributed by atoms with van der Waals surface area (Å²) in [6.07, 6.45) is 13.3. The number of esters is 7. The first-order valence-electron chi connectivity index (χ1n) is 29.2. The summed E-state index contributed by atoms with van der Waals surface area (Å²) >= 11 is 0. The minimum Gasteiger partial charge on any atom is -0.462 e. The molecule has 2 unspecified atom stereocenters. The highest BCUT2D eigenvalue weighted by molar-refractivity contribution is 5.90. The van der Waals surface area contributed by atoms with E-state index in [1.807, 2.05) is 60.7 Å². The standard InChI is InChI=1S/C71H76O14/c1-10-49-13-15-50(16-14-49)17-18-51-19-21-52(22-20-51)39-42-71(85-68(78)59-33-37-61(38-34-59)82-65(75)56-25-23-55(24-26-56)64(74)80-48(5)45-47(4)79-62(72)11-2)43-40-54(41-44-71)53-31-35-60(36-32-53)81-66(76)57-27-29-58(30-28-57)67(77)84-70(8,9)46-69(6,7)83-63(73)12-3/h1,11-16,19-22,31-38,47-48,54-58H,2-3,23-30,40-41,43-46H2,4-9H3. The second kappa shape index (κ2) is 29.2. The molecule has 0 saturated heterocycles. The number of hydrogen-bond acceptors (Lipinski definition) is 14. The van der Waals surface area contributed by atoms with Gasteiger partial charge in [-0.05, 0) is 221 Å². The highest BCUT2D eigenvalue weighted by Gasteiger charge is 2.40. The number of terminal acetylenes is 1. The molecule has 4 aromatic carbocycles. The highest BCUT2D eigenvalue weighted by Crippen LogP contribution is 2.42. The number of rotatable bonds is 19. The van der Waals surface area contributed by atoms with Crippen LogP contribution in [0.25, 0.3) is 0 Å². The van der Waals surface area contributed by atoms with Crippen LogP contribution in [-0.2, 0) is 52.5 Å². The van der Waals surface area contributed by atoms with E-state index in [9.17, 15) is 33.6 Å². The van der Waals surface area contributed by atoms with Crippen molar-refractivity contribution in [2.24, 2.45) is 23.7 Å². The SMILES string of the molecule is C#Cc1ccc(C#Cc2ccc(C#CC3(OC(=O)c4ccc(OC(=O)C5CCC(C(=O)OC(C)CC(C)OC(=O)C=C)CC5)cc4)CCC(c4ccc(OC(=O)C5CCC(C(=O)OC(C)(C)CC(C)(C)OC(=O)C=C)CC5)cc4)CC3)cc2)cc1. The average Bonchev–Trinajstić information content (AvgIpc) is 3.54. The maximum atomic E-state index is 14.0. The third-order valence-electron chi connectivity index (χ3n) is 15.7. The molecule has 3 aliphatic carbocycles. The molecular weight excluding hydrogens is 1080 g/mol. The third-order valence-corrected chi connectivity index (χ3v) is 15.7. The second-order valence-electron chi connectivity index (χ2n) is 23.7. The minimum atomic E-state index is -1.13. The molecule has 0 bridgehead atoms. The summed E-state index contributed by atoms with van der Waals surface area (Å²) in [4.78, 5) is 90.2. The lowest BCUT2D eigenvalue weighted by Gasteiger charge is -2.36. The minimum absolute atomic E-state index is 0.102. The summed E-state index contributed by atoms with van der Waals surface area (Å²) in [5.41, 5.74) is 1.52. The zero-order valence-electron chi connectivity index (χ0n) is 49.5. The van der Waals surface area contributed by atoms with E-state index in [2.05, 4.69) is 42.8 Å². The van der Waals surface area contributed by atoms with Gasteiger partial charge in [0.25, 0.3) is 0 Å². The van der Waals surface area contributed by atoms with Crippen molar-refractivity contribution in [1.82, 2.24) is 0 Å². The van der Waals surface area contributed by atoms with Gasteiger partial charge in [0.1, 0.15) is 34.9 Å². The first kappa shape index (κ1) is 63.9. The zero-order valence-corrected chi connectivity index (χ0v) is 49.5. The van der Waals surface area contributed by atoms with Crippen LogP contribution in [0.2, 0.25) is 0 Å². The van der Waals surface area contributed by atoms with Gasteiger partial charge in [-0.1, -0.05) is 49.0 Å². The van der Waals surface area contributed by atoms with Crippen LogP contribution in [0.3, 0.4) is 0 Å². The molecule has 3 fully saturated rings. The Bertz CT molecular complexity index is 3220. The molecule has 0 spiro atoms. The first-order valence-corrected chi connectivity index (χ1v) is 29.2. The quantitative estimate of drug-likeness (QED) is 0.0284. The normalized spacial score (nSPS) is 20.9. The largest absolute Gasteiger partial charge is 0.462 e. The van der Waals surface area contributed by atoms with E-state index in [1.54, 1.807) is 77.9 Å². The molecule has 85 heavy (non-hydrogen) atoms. The highest BCUT2D eigenvalue weighted by atomic mass is 16.6. The lowest BCUT2D eigenvalue weighted by Crippen LogP contribution is -2.41. The molecular formula is C71H76O14. The summed E-state index contributed by atoms with van der Waals surface area (Å²) in [5.74, 6) is 11.7. The average molecular weight is 1150 g/mol. The van der Waals surface area contributed by atoms with Crippen LogP contribution < -0.4 is 9.47 Å². The van der Waals surface area contributed by atoms with Crippen LogP contribution in [0.4, 0.5) is 0 Å². The van der Waals surface area contributed by atoms with E-state index in [-0.39, 0.29) is 59.3 Å². The van der Waals surface area contributed by atoms with Crippen LogP contribution in [-0.4, -0.2) is 70.8 Å². The summed E-state index contributed by atoms with van der Waals surface area (Å²) in [6.45, 7) is 17.4. The lowest BCUT2D eigenvalue weighted by atomic mass is 9.76. The molecule has 3 saturated carbocycles. The van der Waals surface area contributed by atoms with E-state index < -0.39 is 58.8 Å². The van der Waals surface area contributed by atoms with Crippen molar-refractivity contribution in [2.75, 3.05) is 0 Å². The van der Waals surface area contributed by atoms with Gasteiger partial charge in [-0.3, -0.25) is 19.2 Å². The van der Waals surface area contributed by atoms with E-state index in [0.717, 1.165) is 40.0 Å². The van der Waals surface area contributed by atoms with Gasteiger partial charge in [0.2, 0.25) is 0 Å². The Labute approximate surface area is 499 Å².